The number of hydrogen-bond donors (Lipinski definition) is 1. The van der Waals surface area contributed by atoms with Crippen LogP contribution in [0.5, 0.6) is 5.75 Å². The highest BCUT2D eigenvalue weighted by Gasteiger charge is 2.38. The normalized spacial score (nSPS) is 15.5. The van der Waals surface area contributed by atoms with Gasteiger partial charge in [0.1, 0.15) is 11.8 Å². The van der Waals surface area contributed by atoms with Crippen LogP contribution in [0.2, 0.25) is 0 Å². The summed E-state index contributed by atoms with van der Waals surface area (Å²) in [4.78, 5) is 29.0. The van der Waals surface area contributed by atoms with Crippen LogP contribution in [-0.2, 0) is 29.7 Å². The second-order valence-electron chi connectivity index (χ2n) is 8.56. The van der Waals surface area contributed by atoms with E-state index in [9.17, 15) is 9.59 Å². The number of nitrogens with zero attached hydrogens (tertiary/aromatic N) is 2. The third-order valence-electron chi connectivity index (χ3n) is 6.40. The highest BCUT2D eigenvalue weighted by atomic mass is 32.2. The van der Waals surface area contributed by atoms with Gasteiger partial charge in [0.15, 0.2) is 0 Å². The molecule has 35 heavy (non-hydrogen) atoms. The second-order valence-corrected chi connectivity index (χ2v) is 9.52. The summed E-state index contributed by atoms with van der Waals surface area (Å²) in [6, 6.07) is 24.8. The van der Waals surface area contributed by atoms with Gasteiger partial charge in [-0.2, -0.15) is 0 Å². The second kappa shape index (κ2) is 9.88. The molecule has 0 radical (unpaired) electrons. The minimum atomic E-state index is -0.746. The van der Waals surface area contributed by atoms with Gasteiger partial charge in [0, 0.05) is 36.6 Å². The van der Waals surface area contributed by atoms with Crippen molar-refractivity contribution in [3.63, 3.8) is 0 Å². The zero-order valence-corrected chi connectivity index (χ0v) is 20.5. The predicted molar refractivity (Wildman–Crippen MR) is 138 cm³/mol. The number of thioether (sulfide) groups is 1. The number of nitrogens with one attached hydrogen (secondary N) is 1. The third-order valence-corrected chi connectivity index (χ3v) is 7.56. The van der Waals surface area contributed by atoms with Crippen molar-refractivity contribution < 1.29 is 14.3 Å². The molecule has 0 saturated heterocycles. The summed E-state index contributed by atoms with van der Waals surface area (Å²) in [6.07, 6.45) is 0. The third kappa shape index (κ3) is 4.51. The predicted octanol–water partition coefficient (Wildman–Crippen LogP) is 4.68. The first-order chi connectivity index (χ1) is 17.1. The Kier molecular flexibility index (Phi) is 6.51. The van der Waals surface area contributed by atoms with E-state index in [0.717, 1.165) is 38.4 Å². The van der Waals surface area contributed by atoms with E-state index in [0.29, 0.717) is 13.1 Å². The van der Waals surface area contributed by atoms with Crippen LogP contribution in [0.1, 0.15) is 22.7 Å². The van der Waals surface area contributed by atoms with Crippen LogP contribution in [0.3, 0.4) is 0 Å². The van der Waals surface area contributed by atoms with Gasteiger partial charge in [-0.15, -0.1) is 0 Å². The molecular weight excluding hydrogens is 458 g/mol. The minimum absolute atomic E-state index is 0.0639. The molecule has 0 saturated carbocycles. The molecular formula is C28H27N3O3S. The first kappa shape index (κ1) is 23.1. The van der Waals surface area contributed by atoms with Gasteiger partial charge in [-0.25, -0.2) is 0 Å². The quantitative estimate of drug-likeness (QED) is 0.431. The summed E-state index contributed by atoms with van der Waals surface area (Å²) in [5, 5.41) is 5.04. The molecule has 4 aromatic rings. The molecule has 1 aliphatic rings. The zero-order chi connectivity index (χ0) is 24.4. The Morgan fingerprint density at radius 3 is 2.46 bits per heavy atom. The zero-order valence-electron chi connectivity index (χ0n) is 19.7. The van der Waals surface area contributed by atoms with E-state index >= 15 is 0 Å². The van der Waals surface area contributed by atoms with E-state index in [-0.39, 0.29) is 17.6 Å². The summed E-state index contributed by atoms with van der Waals surface area (Å²) < 4.78 is 7.37. The average molecular weight is 486 g/mol. The number of benzene rings is 3. The number of ether oxygens (including phenoxy) is 1. The number of hydrogen-bond acceptors (Lipinski definition) is 4. The number of carbonyl (C=O) groups is 2. The van der Waals surface area contributed by atoms with Crippen molar-refractivity contribution >= 4 is 34.5 Å². The summed E-state index contributed by atoms with van der Waals surface area (Å²) in [5.74, 6) is 0.775. The van der Waals surface area contributed by atoms with Crippen LogP contribution in [0.4, 0.5) is 0 Å². The lowest BCUT2D eigenvalue weighted by molar-refractivity contribution is -0.139. The lowest BCUT2D eigenvalue weighted by atomic mass is 10.0. The molecule has 0 fully saturated rings. The minimum Gasteiger partial charge on any atom is -0.497 e. The molecule has 1 atom stereocenters. The Balaban J connectivity index is 1.57. The summed E-state index contributed by atoms with van der Waals surface area (Å²) in [6.45, 7) is 0.726. The fraction of sp³-hybridized carbons (Fsp3) is 0.214. The number of methoxy groups -OCH3 is 1. The summed E-state index contributed by atoms with van der Waals surface area (Å²) in [7, 11) is 3.62. The number of carbonyl (C=O) groups excluding carboxylic acids is 2. The van der Waals surface area contributed by atoms with Crippen molar-refractivity contribution in [3.05, 3.63) is 95.6 Å². The van der Waals surface area contributed by atoms with Gasteiger partial charge in [-0.3, -0.25) is 9.59 Å². The molecule has 1 unspecified atom stereocenters. The number of para-hydroxylation sites is 1. The van der Waals surface area contributed by atoms with Crippen molar-refractivity contribution in [2.45, 2.75) is 24.2 Å². The summed E-state index contributed by atoms with van der Waals surface area (Å²) in [5.41, 5.74) is 3.88. The maximum Gasteiger partial charge on any atom is 0.247 e. The maximum absolute atomic E-state index is 13.8. The average Bonchev–Trinajstić information content (AvgIpc) is 3.08. The van der Waals surface area contributed by atoms with Gasteiger partial charge in [0.2, 0.25) is 11.8 Å². The Morgan fingerprint density at radius 2 is 1.71 bits per heavy atom. The van der Waals surface area contributed by atoms with Crippen LogP contribution >= 0.6 is 11.8 Å². The molecule has 7 heteroatoms. The molecule has 2 heterocycles. The summed E-state index contributed by atoms with van der Waals surface area (Å²) >= 11 is 1.50. The first-order valence-corrected chi connectivity index (χ1v) is 12.5. The van der Waals surface area contributed by atoms with Crippen LogP contribution in [0.25, 0.3) is 10.9 Å². The molecule has 2 amide bonds. The molecule has 5 rings (SSSR count). The van der Waals surface area contributed by atoms with Crippen molar-refractivity contribution in [1.82, 2.24) is 14.8 Å². The highest BCUT2D eigenvalue weighted by Crippen LogP contribution is 2.42. The number of rotatable bonds is 6. The van der Waals surface area contributed by atoms with Crippen LogP contribution in [0.15, 0.2) is 83.9 Å². The molecule has 0 bridgehead atoms. The van der Waals surface area contributed by atoms with Gasteiger partial charge in [0.25, 0.3) is 0 Å². The number of aryl methyl sites for hydroxylation is 1. The fourth-order valence-corrected chi connectivity index (χ4v) is 5.71. The van der Waals surface area contributed by atoms with Crippen molar-refractivity contribution in [1.29, 1.82) is 0 Å². The number of fused-ring (bicyclic) bond motifs is 3. The molecule has 6 nitrogen and oxygen atoms in total. The highest BCUT2D eigenvalue weighted by molar-refractivity contribution is 8.00. The lowest BCUT2D eigenvalue weighted by Crippen LogP contribution is -2.43. The van der Waals surface area contributed by atoms with Crippen LogP contribution in [0, 0.1) is 0 Å². The Labute approximate surface area is 208 Å². The Morgan fingerprint density at radius 1 is 1.00 bits per heavy atom. The SMILES string of the molecule is COc1ccc(CN2C(=O)CSc3c(c4ccccc4n3C)C2C(=O)NCc2ccccc2)cc1. The van der Waals surface area contributed by atoms with Crippen molar-refractivity contribution in [2.75, 3.05) is 12.9 Å². The number of aromatic nitrogens is 1. The topological polar surface area (TPSA) is 63.6 Å². The molecule has 1 aliphatic heterocycles. The molecule has 3 aromatic carbocycles. The van der Waals surface area contributed by atoms with E-state index in [4.69, 9.17) is 4.74 Å². The van der Waals surface area contributed by atoms with E-state index in [2.05, 4.69) is 16.0 Å². The van der Waals surface area contributed by atoms with E-state index in [1.54, 1.807) is 12.0 Å². The Bertz CT molecular complexity index is 1370. The smallest absolute Gasteiger partial charge is 0.247 e. The maximum atomic E-state index is 13.8. The van der Waals surface area contributed by atoms with Gasteiger partial charge >= 0.3 is 0 Å². The molecule has 1 aromatic heterocycles. The van der Waals surface area contributed by atoms with Gasteiger partial charge in [0.05, 0.1) is 17.9 Å². The molecule has 0 spiro atoms. The molecule has 0 aliphatic carbocycles. The van der Waals surface area contributed by atoms with Crippen LogP contribution in [-0.4, -0.2) is 34.1 Å². The van der Waals surface area contributed by atoms with E-state index in [1.165, 1.54) is 11.8 Å². The van der Waals surface area contributed by atoms with Gasteiger partial charge < -0.3 is 19.5 Å². The van der Waals surface area contributed by atoms with Gasteiger partial charge in [-0.05, 0) is 29.3 Å². The molecule has 1 N–H and O–H groups in total. The monoisotopic (exact) mass is 485 g/mol. The van der Waals surface area contributed by atoms with Crippen molar-refractivity contribution in [2.24, 2.45) is 7.05 Å². The standard InChI is InChI=1S/C28H27N3O3S/c1-30-23-11-7-6-10-22(23)25-26(27(33)29-16-19-8-4-3-5-9-19)31(24(32)18-35-28(25)30)17-20-12-14-21(34-2)15-13-20/h3-15,26H,16-18H2,1-2H3,(H,29,33). The first-order valence-electron chi connectivity index (χ1n) is 11.5. The fourth-order valence-electron chi connectivity index (χ4n) is 4.61. The number of amides is 2. The van der Waals surface area contributed by atoms with E-state index in [1.807, 2.05) is 79.8 Å². The van der Waals surface area contributed by atoms with Crippen molar-refractivity contribution in [3.8, 4) is 5.75 Å². The largest absolute Gasteiger partial charge is 0.497 e. The molecule has 178 valence electrons. The van der Waals surface area contributed by atoms with E-state index < -0.39 is 6.04 Å². The lowest BCUT2D eigenvalue weighted by Gasteiger charge is -2.30. The van der Waals surface area contributed by atoms with Gasteiger partial charge in [-0.1, -0.05) is 72.4 Å². The van der Waals surface area contributed by atoms with Crippen LogP contribution < -0.4 is 10.1 Å². The Hall–Kier alpha value is -3.71.